The van der Waals surface area contributed by atoms with E-state index in [1.54, 1.807) is 12.1 Å². The molecule has 1 aromatic carbocycles. The van der Waals surface area contributed by atoms with Crippen molar-refractivity contribution in [3.8, 4) is 0 Å². The van der Waals surface area contributed by atoms with Crippen LogP contribution in [0, 0.1) is 0 Å². The van der Waals surface area contributed by atoms with Gasteiger partial charge in [0.2, 0.25) is 10.0 Å². The van der Waals surface area contributed by atoms with Crippen LogP contribution in [0.25, 0.3) is 0 Å². The van der Waals surface area contributed by atoms with Crippen molar-refractivity contribution in [3.63, 3.8) is 0 Å². The van der Waals surface area contributed by atoms with Crippen molar-refractivity contribution in [1.29, 1.82) is 0 Å². The summed E-state index contributed by atoms with van der Waals surface area (Å²) in [6, 6.07) is 5.54. The highest BCUT2D eigenvalue weighted by atomic mass is 79.9. The van der Waals surface area contributed by atoms with E-state index in [4.69, 9.17) is 5.73 Å². The maximum atomic E-state index is 12.3. The number of hydrogen-bond donors (Lipinski definition) is 2. The Balaban J connectivity index is 2.03. The first kappa shape index (κ1) is 15.8. The summed E-state index contributed by atoms with van der Waals surface area (Å²) in [4.78, 5) is 2.34. The number of likely N-dealkylation sites (N-methyl/N-ethyl adjacent to an activating group) is 1. The largest absolute Gasteiger partial charge is 0.398 e. The van der Waals surface area contributed by atoms with Crippen molar-refractivity contribution in [2.75, 3.05) is 19.3 Å². The molecule has 1 atom stereocenters. The van der Waals surface area contributed by atoms with Gasteiger partial charge in [-0.25, -0.2) is 13.1 Å². The molecule has 20 heavy (non-hydrogen) atoms. The smallest absolute Gasteiger partial charge is 0.242 e. The number of rotatable bonds is 6. The van der Waals surface area contributed by atoms with Gasteiger partial charge in [0.1, 0.15) is 4.90 Å². The Morgan fingerprint density at radius 2 is 2.15 bits per heavy atom. The highest BCUT2D eigenvalue weighted by Gasteiger charge is 2.29. The molecule has 0 bridgehead atoms. The van der Waals surface area contributed by atoms with Crippen LogP contribution < -0.4 is 10.5 Å². The summed E-state index contributed by atoms with van der Waals surface area (Å²) in [5.41, 5.74) is 6.02. The summed E-state index contributed by atoms with van der Waals surface area (Å²) in [6.45, 7) is 2.40. The Kier molecular flexibility index (Phi) is 4.73. The molecule has 1 aromatic rings. The molecule has 1 unspecified atom stereocenters. The van der Waals surface area contributed by atoms with Gasteiger partial charge in [-0.15, -0.1) is 0 Å². The van der Waals surface area contributed by atoms with E-state index in [-0.39, 0.29) is 16.6 Å². The average molecular weight is 362 g/mol. The maximum absolute atomic E-state index is 12.3. The van der Waals surface area contributed by atoms with Crippen LogP contribution in [-0.2, 0) is 10.0 Å². The molecule has 5 nitrogen and oxygen atoms in total. The molecule has 0 radical (unpaired) electrons. The molecule has 0 saturated heterocycles. The predicted octanol–water partition coefficient (Wildman–Crippen LogP) is 1.79. The molecule has 0 aromatic heterocycles. The van der Waals surface area contributed by atoms with Gasteiger partial charge in [-0.2, -0.15) is 0 Å². The van der Waals surface area contributed by atoms with Crippen LogP contribution >= 0.6 is 15.9 Å². The normalized spacial score (nSPS) is 17.4. The lowest BCUT2D eigenvalue weighted by Gasteiger charge is -2.24. The highest BCUT2D eigenvalue weighted by molar-refractivity contribution is 9.10. The van der Waals surface area contributed by atoms with Crippen LogP contribution in [0.4, 0.5) is 5.69 Å². The number of nitrogens with two attached hydrogens (primary N) is 1. The van der Waals surface area contributed by atoms with Gasteiger partial charge in [-0.05, 0) is 45.0 Å². The number of nitrogens with one attached hydrogen (secondary N) is 1. The number of sulfonamides is 1. The van der Waals surface area contributed by atoms with E-state index in [9.17, 15) is 8.42 Å². The molecule has 1 aliphatic carbocycles. The molecule has 0 heterocycles. The number of benzene rings is 1. The number of hydrogen-bond acceptors (Lipinski definition) is 4. The predicted molar refractivity (Wildman–Crippen MR) is 84.0 cm³/mol. The van der Waals surface area contributed by atoms with E-state index in [1.807, 2.05) is 14.0 Å². The zero-order valence-corrected chi connectivity index (χ0v) is 14.0. The fraction of sp³-hybridized carbons (Fsp3) is 0.538. The van der Waals surface area contributed by atoms with Gasteiger partial charge in [0, 0.05) is 23.1 Å². The third-order valence-electron chi connectivity index (χ3n) is 3.65. The summed E-state index contributed by atoms with van der Waals surface area (Å²) in [6.07, 6.45) is 2.40. The van der Waals surface area contributed by atoms with E-state index in [1.165, 1.54) is 18.9 Å². The molecule has 112 valence electrons. The van der Waals surface area contributed by atoms with Crippen molar-refractivity contribution in [1.82, 2.24) is 9.62 Å². The first-order chi connectivity index (χ1) is 9.31. The topological polar surface area (TPSA) is 75.4 Å². The van der Waals surface area contributed by atoms with Gasteiger partial charge in [0.15, 0.2) is 0 Å². The Morgan fingerprint density at radius 3 is 2.70 bits per heavy atom. The van der Waals surface area contributed by atoms with Gasteiger partial charge in [0.05, 0.1) is 5.69 Å². The van der Waals surface area contributed by atoms with Crippen LogP contribution in [0.15, 0.2) is 27.6 Å². The molecule has 0 aliphatic heterocycles. The van der Waals surface area contributed by atoms with Crippen LogP contribution in [0.3, 0.4) is 0 Å². The lowest BCUT2D eigenvalue weighted by molar-refractivity contribution is 0.248. The van der Waals surface area contributed by atoms with Gasteiger partial charge < -0.3 is 5.73 Å². The number of anilines is 1. The number of nitrogen functional groups attached to an aromatic ring is 1. The van der Waals surface area contributed by atoms with Gasteiger partial charge in [0.25, 0.3) is 0 Å². The SMILES string of the molecule is CC(CNS(=O)(=O)c1ccc(Br)cc1N)N(C)C1CC1. The van der Waals surface area contributed by atoms with Crippen LogP contribution in [-0.4, -0.2) is 39.0 Å². The Bertz CT molecular complexity index is 587. The quantitative estimate of drug-likeness (QED) is 0.757. The fourth-order valence-electron chi connectivity index (χ4n) is 2.06. The third kappa shape index (κ3) is 3.72. The van der Waals surface area contributed by atoms with Crippen LogP contribution in [0.1, 0.15) is 19.8 Å². The minimum absolute atomic E-state index is 0.127. The molecule has 1 aliphatic rings. The molecule has 0 spiro atoms. The summed E-state index contributed by atoms with van der Waals surface area (Å²) in [5.74, 6) is 0. The second-order valence-corrected chi connectivity index (χ2v) is 7.93. The van der Waals surface area contributed by atoms with E-state index < -0.39 is 10.0 Å². The minimum Gasteiger partial charge on any atom is -0.398 e. The number of halogens is 1. The second-order valence-electron chi connectivity index (χ2n) is 5.28. The van der Waals surface area contributed by atoms with Crippen molar-refractivity contribution < 1.29 is 8.42 Å². The van der Waals surface area contributed by atoms with E-state index in [0.29, 0.717) is 12.6 Å². The Morgan fingerprint density at radius 1 is 1.50 bits per heavy atom. The van der Waals surface area contributed by atoms with Gasteiger partial charge in [-0.3, -0.25) is 4.90 Å². The summed E-state index contributed by atoms with van der Waals surface area (Å²) >= 11 is 3.27. The first-order valence-electron chi connectivity index (χ1n) is 6.58. The van der Waals surface area contributed by atoms with Crippen molar-refractivity contribution in [2.45, 2.75) is 36.7 Å². The standard InChI is InChI=1S/C13H20BrN3O2S/c1-9(17(2)11-4-5-11)8-16-20(18,19)13-6-3-10(14)7-12(13)15/h3,6-7,9,11,16H,4-5,8,15H2,1-2H3. The monoisotopic (exact) mass is 361 g/mol. The van der Waals surface area contributed by atoms with Crippen LogP contribution in [0.2, 0.25) is 0 Å². The second kappa shape index (κ2) is 6.01. The number of nitrogens with zero attached hydrogens (tertiary/aromatic N) is 1. The molecular weight excluding hydrogens is 342 g/mol. The molecular formula is C13H20BrN3O2S. The van der Waals surface area contributed by atoms with E-state index in [0.717, 1.165) is 4.47 Å². The van der Waals surface area contributed by atoms with Crippen molar-refractivity contribution >= 4 is 31.6 Å². The van der Waals surface area contributed by atoms with Gasteiger partial charge in [-0.1, -0.05) is 15.9 Å². The average Bonchev–Trinajstić information content (AvgIpc) is 3.18. The van der Waals surface area contributed by atoms with Crippen molar-refractivity contribution in [3.05, 3.63) is 22.7 Å². The van der Waals surface area contributed by atoms with Crippen LogP contribution in [0.5, 0.6) is 0 Å². The van der Waals surface area contributed by atoms with E-state index in [2.05, 4.69) is 25.6 Å². The lowest BCUT2D eigenvalue weighted by atomic mass is 10.3. The molecule has 0 amide bonds. The lowest BCUT2D eigenvalue weighted by Crippen LogP contribution is -2.41. The molecule has 7 heteroatoms. The maximum Gasteiger partial charge on any atom is 0.242 e. The van der Waals surface area contributed by atoms with E-state index >= 15 is 0 Å². The summed E-state index contributed by atoms with van der Waals surface area (Å²) in [7, 11) is -1.53. The fourth-order valence-corrected chi connectivity index (χ4v) is 3.67. The molecule has 2 rings (SSSR count). The molecule has 1 saturated carbocycles. The highest BCUT2D eigenvalue weighted by Crippen LogP contribution is 2.27. The van der Waals surface area contributed by atoms with Gasteiger partial charge >= 0.3 is 0 Å². The minimum atomic E-state index is -3.56. The Hall–Kier alpha value is -0.630. The summed E-state index contributed by atoms with van der Waals surface area (Å²) in [5, 5.41) is 0. The third-order valence-corrected chi connectivity index (χ3v) is 5.64. The zero-order chi connectivity index (χ0) is 14.9. The molecule has 3 N–H and O–H groups in total. The molecule has 1 fully saturated rings. The zero-order valence-electron chi connectivity index (χ0n) is 11.6. The summed E-state index contributed by atoms with van der Waals surface area (Å²) < 4.78 is 27.9. The van der Waals surface area contributed by atoms with Crippen molar-refractivity contribution in [2.24, 2.45) is 0 Å². The Labute approximate surface area is 128 Å². The first-order valence-corrected chi connectivity index (χ1v) is 8.85.